The molecule has 4 rings (SSSR count). The van der Waals surface area contributed by atoms with E-state index in [1.807, 2.05) is 36.4 Å². The second kappa shape index (κ2) is 7.18. The van der Waals surface area contributed by atoms with Crippen LogP contribution in [0.5, 0.6) is 0 Å². The van der Waals surface area contributed by atoms with E-state index in [4.69, 9.17) is 9.92 Å². The van der Waals surface area contributed by atoms with E-state index in [2.05, 4.69) is 31.1 Å². The number of thiophene rings is 1. The molecule has 130 valence electrons. The number of halogens is 1. The van der Waals surface area contributed by atoms with Crippen LogP contribution < -0.4 is 5.73 Å². The molecule has 1 aliphatic heterocycles. The Bertz CT molecular complexity index is 1080. The normalized spacial score (nSPS) is 15.3. The van der Waals surface area contributed by atoms with Crippen LogP contribution in [0.2, 0.25) is 0 Å². The smallest absolute Gasteiger partial charge is 0.270 e. The standard InChI is InChI=1S/C17H11BrN4O2S2/c18-10-4-1-3-9(7-10)12-8-11-15(25-12)14(16(19)23)21-22-17(11)20-13-5-2-6-24-26-13/h1-4,6-8H,5H2,(H2,19,23). The lowest BCUT2D eigenvalue weighted by atomic mass is 10.1. The van der Waals surface area contributed by atoms with Crippen molar-refractivity contribution in [2.75, 3.05) is 0 Å². The summed E-state index contributed by atoms with van der Waals surface area (Å²) in [6.07, 6.45) is 4.16. The Morgan fingerprint density at radius 3 is 2.92 bits per heavy atom. The average molecular weight is 447 g/mol. The Balaban J connectivity index is 1.90. The zero-order valence-corrected chi connectivity index (χ0v) is 16.4. The summed E-state index contributed by atoms with van der Waals surface area (Å²) in [6.45, 7) is 0. The van der Waals surface area contributed by atoms with Crippen molar-refractivity contribution in [3.63, 3.8) is 0 Å². The number of aromatic nitrogens is 2. The Hall–Kier alpha value is -2.23. The van der Waals surface area contributed by atoms with E-state index < -0.39 is 5.91 Å². The number of rotatable bonds is 3. The molecule has 6 nitrogen and oxygen atoms in total. The van der Waals surface area contributed by atoms with E-state index in [0.717, 1.165) is 25.3 Å². The lowest BCUT2D eigenvalue weighted by Gasteiger charge is -2.06. The van der Waals surface area contributed by atoms with Gasteiger partial charge in [0.2, 0.25) is 0 Å². The molecule has 0 spiro atoms. The van der Waals surface area contributed by atoms with Crippen molar-refractivity contribution in [2.45, 2.75) is 6.42 Å². The second-order valence-corrected chi connectivity index (χ2v) is 8.16. The Morgan fingerprint density at radius 1 is 1.31 bits per heavy atom. The van der Waals surface area contributed by atoms with Gasteiger partial charge in [0.25, 0.3) is 5.91 Å². The summed E-state index contributed by atoms with van der Waals surface area (Å²) in [5, 5.41) is 9.63. The van der Waals surface area contributed by atoms with Crippen molar-refractivity contribution >= 4 is 66.2 Å². The maximum Gasteiger partial charge on any atom is 0.270 e. The van der Waals surface area contributed by atoms with Crippen LogP contribution in [0, 0.1) is 0 Å². The summed E-state index contributed by atoms with van der Waals surface area (Å²) in [7, 11) is 0. The van der Waals surface area contributed by atoms with Crippen molar-refractivity contribution in [3.05, 3.63) is 52.8 Å². The van der Waals surface area contributed by atoms with E-state index in [9.17, 15) is 4.79 Å². The van der Waals surface area contributed by atoms with Crippen LogP contribution in [0.1, 0.15) is 16.9 Å². The van der Waals surface area contributed by atoms with Gasteiger partial charge in [-0.15, -0.1) is 21.5 Å². The summed E-state index contributed by atoms with van der Waals surface area (Å²) < 4.78 is 6.85. The van der Waals surface area contributed by atoms with Crippen LogP contribution in [0.4, 0.5) is 5.82 Å². The molecule has 0 aliphatic carbocycles. The predicted molar refractivity (Wildman–Crippen MR) is 109 cm³/mol. The Kier molecular flexibility index (Phi) is 4.75. The van der Waals surface area contributed by atoms with Gasteiger partial charge in [0, 0.05) is 21.2 Å². The average Bonchev–Trinajstić information content (AvgIpc) is 3.08. The van der Waals surface area contributed by atoms with Gasteiger partial charge in [-0.25, -0.2) is 4.99 Å². The molecule has 0 atom stereocenters. The van der Waals surface area contributed by atoms with Crippen LogP contribution in [0.3, 0.4) is 0 Å². The first-order valence-corrected chi connectivity index (χ1v) is 9.89. The third-order valence-corrected chi connectivity index (χ3v) is 5.94. The van der Waals surface area contributed by atoms with Crippen molar-refractivity contribution < 1.29 is 8.98 Å². The molecule has 3 aromatic rings. The van der Waals surface area contributed by atoms with E-state index in [1.165, 1.54) is 23.4 Å². The minimum atomic E-state index is -0.609. The lowest BCUT2D eigenvalue weighted by Crippen LogP contribution is -2.13. The van der Waals surface area contributed by atoms with E-state index in [0.29, 0.717) is 16.9 Å². The molecule has 1 aromatic carbocycles. The van der Waals surface area contributed by atoms with Gasteiger partial charge in [-0.3, -0.25) is 4.79 Å². The monoisotopic (exact) mass is 446 g/mol. The molecule has 0 bridgehead atoms. The number of benzene rings is 1. The number of primary amides is 1. The van der Waals surface area contributed by atoms with E-state index in [1.54, 1.807) is 6.26 Å². The van der Waals surface area contributed by atoms with Gasteiger partial charge in [-0.1, -0.05) is 28.1 Å². The maximum absolute atomic E-state index is 11.8. The molecule has 1 aliphatic rings. The highest BCUT2D eigenvalue weighted by Crippen LogP contribution is 2.39. The summed E-state index contributed by atoms with van der Waals surface area (Å²) >= 11 is 6.11. The molecule has 9 heteroatoms. The summed E-state index contributed by atoms with van der Waals surface area (Å²) in [4.78, 5) is 17.3. The van der Waals surface area contributed by atoms with Gasteiger partial charge < -0.3 is 9.92 Å². The molecule has 0 fully saturated rings. The van der Waals surface area contributed by atoms with Gasteiger partial charge in [0.15, 0.2) is 11.5 Å². The lowest BCUT2D eigenvalue weighted by molar-refractivity contribution is 0.0996. The minimum Gasteiger partial charge on any atom is -0.427 e. The molecule has 0 radical (unpaired) electrons. The highest BCUT2D eigenvalue weighted by Gasteiger charge is 2.18. The number of fused-ring (bicyclic) bond motifs is 1. The molecule has 0 unspecified atom stereocenters. The molecule has 2 N–H and O–H groups in total. The van der Waals surface area contributed by atoms with Crippen LogP contribution >= 0.6 is 39.3 Å². The summed E-state index contributed by atoms with van der Waals surface area (Å²) in [6, 6.07) is 9.89. The number of allylic oxidation sites excluding steroid dienone is 1. The third kappa shape index (κ3) is 3.37. The molecule has 2 aromatic heterocycles. The van der Waals surface area contributed by atoms with Gasteiger partial charge in [-0.05, 0) is 29.8 Å². The first-order chi connectivity index (χ1) is 12.6. The Morgan fingerprint density at radius 2 is 2.19 bits per heavy atom. The molecule has 1 amide bonds. The number of amides is 1. The van der Waals surface area contributed by atoms with Gasteiger partial charge in [0.05, 0.1) is 11.0 Å². The van der Waals surface area contributed by atoms with E-state index in [-0.39, 0.29) is 5.69 Å². The fraction of sp³-hybridized carbons (Fsp3) is 0.0588. The second-order valence-electron chi connectivity index (χ2n) is 5.36. The van der Waals surface area contributed by atoms with Gasteiger partial charge in [0.1, 0.15) is 17.1 Å². The van der Waals surface area contributed by atoms with Crippen LogP contribution in [0.25, 0.3) is 20.5 Å². The molecule has 0 saturated carbocycles. The number of carbonyl (C=O) groups excluding carboxylic acids is 1. The fourth-order valence-corrected chi connectivity index (χ4v) is 4.52. The first-order valence-electron chi connectivity index (χ1n) is 7.53. The SMILES string of the molecule is NC(=O)c1nnc(N=C2CC=COS2)c2cc(-c3cccc(Br)c3)sc12. The fourth-order valence-electron chi connectivity index (χ4n) is 2.45. The van der Waals surface area contributed by atoms with Crippen LogP contribution in [-0.2, 0) is 4.18 Å². The summed E-state index contributed by atoms with van der Waals surface area (Å²) in [5.74, 6) is -0.161. The Labute approximate surface area is 165 Å². The largest absolute Gasteiger partial charge is 0.427 e. The van der Waals surface area contributed by atoms with Gasteiger partial charge >= 0.3 is 0 Å². The number of hydrogen-bond donors (Lipinski definition) is 1. The first kappa shape index (κ1) is 17.2. The van der Waals surface area contributed by atoms with Crippen molar-refractivity contribution in [3.8, 4) is 10.4 Å². The highest BCUT2D eigenvalue weighted by atomic mass is 79.9. The van der Waals surface area contributed by atoms with Gasteiger partial charge in [-0.2, -0.15) is 0 Å². The highest BCUT2D eigenvalue weighted by molar-refractivity contribution is 9.10. The minimum absolute atomic E-state index is 0.155. The van der Waals surface area contributed by atoms with Crippen molar-refractivity contribution in [1.82, 2.24) is 10.2 Å². The van der Waals surface area contributed by atoms with E-state index >= 15 is 0 Å². The molecular weight excluding hydrogens is 436 g/mol. The number of nitrogens with two attached hydrogens (primary N) is 1. The zero-order chi connectivity index (χ0) is 18.1. The van der Waals surface area contributed by atoms with Crippen molar-refractivity contribution in [1.29, 1.82) is 0 Å². The topological polar surface area (TPSA) is 90.5 Å². The quantitative estimate of drug-likeness (QED) is 0.581. The number of carbonyl (C=O) groups is 1. The van der Waals surface area contributed by atoms with Crippen LogP contribution in [0.15, 0.2) is 52.1 Å². The molecule has 0 saturated heterocycles. The molecule has 3 heterocycles. The zero-order valence-electron chi connectivity index (χ0n) is 13.2. The third-order valence-electron chi connectivity index (χ3n) is 3.59. The molecule has 26 heavy (non-hydrogen) atoms. The maximum atomic E-state index is 11.8. The number of hydrogen-bond acceptors (Lipinski definition) is 7. The molecular formula is C17H11BrN4O2S2. The van der Waals surface area contributed by atoms with Crippen molar-refractivity contribution in [2.24, 2.45) is 10.7 Å². The summed E-state index contributed by atoms with van der Waals surface area (Å²) in [5.41, 5.74) is 6.65. The van der Waals surface area contributed by atoms with Crippen LogP contribution in [-0.4, -0.2) is 21.1 Å². The number of aliphatic imine (C=N–C) groups is 1. The predicted octanol–water partition coefficient (Wildman–Crippen LogP) is 4.83. The number of nitrogens with zero attached hydrogens (tertiary/aromatic N) is 3.